The zero-order chi connectivity index (χ0) is 19.5. The zero-order valence-corrected chi connectivity index (χ0v) is 15.9. The number of allylic oxidation sites excluding steroid dienone is 1. The summed E-state index contributed by atoms with van der Waals surface area (Å²) in [7, 11) is 1.64. The summed E-state index contributed by atoms with van der Waals surface area (Å²) >= 11 is 0. The molecule has 7 heteroatoms. The Morgan fingerprint density at radius 3 is 2.56 bits per heavy atom. The Balaban J connectivity index is 2.16. The molecule has 0 aliphatic rings. The van der Waals surface area contributed by atoms with Gasteiger partial charge in [0.05, 0.1) is 12.2 Å². The van der Waals surface area contributed by atoms with Gasteiger partial charge in [-0.25, -0.2) is 4.79 Å². The fraction of sp³-hybridized carbons (Fsp3) is 0.250. The Labute approximate surface area is 155 Å². The van der Waals surface area contributed by atoms with Gasteiger partial charge in [0.2, 0.25) is 5.78 Å². The van der Waals surface area contributed by atoms with Crippen LogP contribution in [0.5, 0.6) is 0 Å². The number of hydrogen-bond acceptors (Lipinski definition) is 3. The molecule has 138 valence electrons. The first-order chi connectivity index (χ1) is 12.8. The number of rotatable bonds is 3. The Morgan fingerprint density at radius 2 is 1.89 bits per heavy atom. The molecule has 3 aromatic heterocycles. The molecule has 0 aliphatic carbocycles. The average molecular weight is 363 g/mol. The maximum absolute atomic E-state index is 13.1. The van der Waals surface area contributed by atoms with Gasteiger partial charge in [-0.05, 0) is 32.4 Å². The van der Waals surface area contributed by atoms with E-state index in [1.165, 1.54) is 9.13 Å². The van der Waals surface area contributed by atoms with Crippen LogP contribution < -0.4 is 11.2 Å². The van der Waals surface area contributed by atoms with E-state index >= 15 is 0 Å². The van der Waals surface area contributed by atoms with Crippen LogP contribution in [-0.2, 0) is 13.6 Å². The van der Waals surface area contributed by atoms with Crippen LogP contribution in [0, 0.1) is 13.8 Å². The minimum atomic E-state index is -0.393. The van der Waals surface area contributed by atoms with Gasteiger partial charge in [0.25, 0.3) is 5.56 Å². The molecule has 0 saturated carbocycles. The molecule has 0 bridgehead atoms. The molecule has 3 heterocycles. The minimum absolute atomic E-state index is 0.187. The van der Waals surface area contributed by atoms with Gasteiger partial charge in [-0.15, -0.1) is 0 Å². The zero-order valence-electron chi connectivity index (χ0n) is 15.9. The van der Waals surface area contributed by atoms with Crippen LogP contribution in [0.1, 0.15) is 18.2 Å². The van der Waals surface area contributed by atoms with Gasteiger partial charge in [0.15, 0.2) is 11.2 Å². The first-order valence-corrected chi connectivity index (χ1v) is 8.71. The fourth-order valence-electron chi connectivity index (χ4n) is 3.53. The highest BCUT2D eigenvalue weighted by atomic mass is 16.2. The van der Waals surface area contributed by atoms with Gasteiger partial charge in [-0.2, -0.15) is 4.98 Å². The molecule has 4 aromatic rings. The van der Waals surface area contributed by atoms with Crippen molar-refractivity contribution in [3.8, 4) is 5.69 Å². The summed E-state index contributed by atoms with van der Waals surface area (Å²) < 4.78 is 6.40. The van der Waals surface area contributed by atoms with Gasteiger partial charge >= 0.3 is 5.69 Å². The number of imidazole rings is 2. The van der Waals surface area contributed by atoms with E-state index in [-0.39, 0.29) is 12.1 Å². The molecule has 0 fully saturated rings. The lowest BCUT2D eigenvalue weighted by atomic mass is 10.2. The van der Waals surface area contributed by atoms with Crippen molar-refractivity contribution in [2.24, 2.45) is 7.05 Å². The average Bonchev–Trinajstić information content (AvgIpc) is 3.12. The molecule has 0 amide bonds. The number of hydrogen-bond donors (Lipinski definition) is 0. The molecule has 0 radical (unpaired) electrons. The largest absolute Gasteiger partial charge is 0.332 e. The van der Waals surface area contributed by atoms with Crippen LogP contribution in [0.3, 0.4) is 0 Å². The molecule has 7 nitrogen and oxygen atoms in total. The smallest absolute Gasteiger partial charge is 0.283 e. The first kappa shape index (κ1) is 17.1. The number of nitrogens with zero attached hydrogens (tertiary/aromatic N) is 5. The molecule has 0 atom stereocenters. The normalized spacial score (nSPS) is 11.6. The van der Waals surface area contributed by atoms with Crippen molar-refractivity contribution in [3.05, 3.63) is 74.7 Å². The highest BCUT2D eigenvalue weighted by molar-refractivity contribution is 5.76. The summed E-state index contributed by atoms with van der Waals surface area (Å²) in [5, 5.41) is 0. The molecular formula is C20H21N5O2. The quantitative estimate of drug-likeness (QED) is 0.525. The molecular weight excluding hydrogens is 342 g/mol. The Hall–Kier alpha value is -3.35. The van der Waals surface area contributed by atoms with Gasteiger partial charge in [0.1, 0.15) is 0 Å². The standard InChI is InChI=1S/C20H21N5O2/c1-12(2)10-24-18(26)16-17(22(5)20(24)27)21-19-23(16)11-14(4)25(19)15-9-7-6-8-13(15)3/h6-9,11H,1,10H2,2-5H3. The number of aromatic nitrogens is 5. The van der Waals surface area contributed by atoms with Gasteiger partial charge in [-0.1, -0.05) is 30.4 Å². The van der Waals surface area contributed by atoms with Crippen molar-refractivity contribution >= 4 is 16.9 Å². The molecule has 0 N–H and O–H groups in total. The van der Waals surface area contributed by atoms with E-state index in [1.807, 2.05) is 48.9 Å². The highest BCUT2D eigenvalue weighted by Crippen LogP contribution is 2.22. The second kappa shape index (κ2) is 5.84. The third-order valence-electron chi connectivity index (χ3n) is 4.81. The van der Waals surface area contributed by atoms with Crippen molar-refractivity contribution in [1.82, 2.24) is 23.1 Å². The third-order valence-corrected chi connectivity index (χ3v) is 4.81. The maximum atomic E-state index is 13.1. The summed E-state index contributed by atoms with van der Waals surface area (Å²) in [6.07, 6.45) is 1.88. The topological polar surface area (TPSA) is 66.2 Å². The lowest BCUT2D eigenvalue weighted by molar-refractivity contribution is 0.651. The Morgan fingerprint density at radius 1 is 1.19 bits per heavy atom. The number of aryl methyl sites for hydroxylation is 3. The van der Waals surface area contributed by atoms with E-state index in [9.17, 15) is 9.59 Å². The van der Waals surface area contributed by atoms with Crippen LogP contribution in [0.25, 0.3) is 22.6 Å². The summed E-state index contributed by atoms with van der Waals surface area (Å²) in [6.45, 7) is 9.81. The Kier molecular flexibility index (Phi) is 3.69. The minimum Gasteiger partial charge on any atom is -0.283 e. The third kappa shape index (κ3) is 2.38. The number of benzene rings is 1. The second-order valence-corrected chi connectivity index (χ2v) is 7.04. The SMILES string of the molecule is C=C(C)Cn1c(=O)c2c(nc3n(-c4ccccc4C)c(C)cn23)n(C)c1=O. The van der Waals surface area contributed by atoms with Crippen LogP contribution in [0.4, 0.5) is 0 Å². The molecule has 0 saturated heterocycles. The lowest BCUT2D eigenvalue weighted by Crippen LogP contribution is -2.39. The Bertz CT molecular complexity index is 1350. The van der Waals surface area contributed by atoms with Gasteiger partial charge in [-0.3, -0.25) is 22.9 Å². The van der Waals surface area contributed by atoms with Gasteiger partial charge in [0, 0.05) is 18.9 Å². The fourth-order valence-corrected chi connectivity index (χ4v) is 3.53. The van der Waals surface area contributed by atoms with Crippen LogP contribution in [0.2, 0.25) is 0 Å². The van der Waals surface area contributed by atoms with Crippen LogP contribution in [-0.4, -0.2) is 23.1 Å². The number of fused-ring (bicyclic) bond motifs is 3. The van der Waals surface area contributed by atoms with E-state index in [4.69, 9.17) is 0 Å². The monoisotopic (exact) mass is 363 g/mol. The predicted molar refractivity (Wildman–Crippen MR) is 106 cm³/mol. The van der Waals surface area contributed by atoms with E-state index in [0.717, 1.165) is 22.5 Å². The maximum Gasteiger partial charge on any atom is 0.332 e. The molecule has 0 aliphatic heterocycles. The van der Waals surface area contributed by atoms with Crippen molar-refractivity contribution in [3.63, 3.8) is 0 Å². The highest BCUT2D eigenvalue weighted by Gasteiger charge is 2.21. The second-order valence-electron chi connectivity index (χ2n) is 7.04. The molecule has 4 rings (SSSR count). The van der Waals surface area contributed by atoms with E-state index in [2.05, 4.69) is 11.6 Å². The van der Waals surface area contributed by atoms with E-state index < -0.39 is 5.69 Å². The molecule has 27 heavy (non-hydrogen) atoms. The molecule has 0 spiro atoms. The molecule has 1 aromatic carbocycles. The van der Waals surface area contributed by atoms with Gasteiger partial charge < -0.3 is 0 Å². The van der Waals surface area contributed by atoms with Crippen molar-refractivity contribution in [2.75, 3.05) is 0 Å². The summed E-state index contributed by atoms with van der Waals surface area (Å²) in [5.74, 6) is 0.608. The van der Waals surface area contributed by atoms with Crippen molar-refractivity contribution in [2.45, 2.75) is 27.3 Å². The van der Waals surface area contributed by atoms with Crippen LogP contribution >= 0.6 is 0 Å². The number of para-hydroxylation sites is 1. The van der Waals surface area contributed by atoms with Crippen molar-refractivity contribution in [1.29, 1.82) is 0 Å². The van der Waals surface area contributed by atoms with E-state index in [1.54, 1.807) is 18.4 Å². The summed E-state index contributed by atoms with van der Waals surface area (Å²) in [4.78, 5) is 30.4. The lowest BCUT2D eigenvalue weighted by Gasteiger charge is -2.09. The van der Waals surface area contributed by atoms with E-state index in [0.29, 0.717) is 16.9 Å². The van der Waals surface area contributed by atoms with Crippen molar-refractivity contribution < 1.29 is 0 Å². The summed E-state index contributed by atoms with van der Waals surface area (Å²) in [5.41, 5.74) is 3.80. The first-order valence-electron chi connectivity index (χ1n) is 8.71. The summed E-state index contributed by atoms with van der Waals surface area (Å²) in [6, 6.07) is 8.00. The molecule has 0 unspecified atom stereocenters. The van der Waals surface area contributed by atoms with Crippen LogP contribution in [0.15, 0.2) is 52.2 Å². The predicted octanol–water partition coefficient (Wildman–Crippen LogP) is 2.33.